The molecule has 19 heavy (non-hydrogen) atoms. The molecule has 0 fully saturated rings. The van der Waals surface area contributed by atoms with Gasteiger partial charge in [-0.1, -0.05) is 5.16 Å². The average Bonchev–Trinajstić information content (AvgIpc) is 2.83. The van der Waals surface area contributed by atoms with Crippen molar-refractivity contribution in [3.05, 3.63) is 47.3 Å². The van der Waals surface area contributed by atoms with Crippen molar-refractivity contribution in [2.75, 3.05) is 13.3 Å². The van der Waals surface area contributed by atoms with Crippen LogP contribution in [0.3, 0.4) is 0 Å². The van der Waals surface area contributed by atoms with Crippen molar-refractivity contribution in [3.63, 3.8) is 0 Å². The van der Waals surface area contributed by atoms with Crippen molar-refractivity contribution in [2.45, 2.75) is 18.4 Å². The summed E-state index contributed by atoms with van der Waals surface area (Å²) < 4.78 is 4.99. The van der Waals surface area contributed by atoms with E-state index in [9.17, 15) is 4.79 Å². The molecule has 0 radical (unpaired) electrons. The molecule has 0 aliphatic heterocycles. The molecule has 2 rings (SSSR count). The largest absolute Gasteiger partial charge is 0.361 e. The minimum atomic E-state index is -0.0201. The van der Waals surface area contributed by atoms with Crippen molar-refractivity contribution in [3.8, 4) is 0 Å². The van der Waals surface area contributed by atoms with Crippen LogP contribution in [0.1, 0.15) is 21.8 Å². The first-order valence-electron chi connectivity index (χ1n) is 5.92. The number of thioether (sulfide) groups is 1. The highest BCUT2D eigenvalue weighted by Gasteiger charge is 2.13. The van der Waals surface area contributed by atoms with Crippen LogP contribution in [-0.4, -0.2) is 29.3 Å². The van der Waals surface area contributed by atoms with Crippen LogP contribution in [0.15, 0.2) is 39.8 Å². The van der Waals surface area contributed by atoms with Crippen LogP contribution in [0.4, 0.5) is 0 Å². The molecule has 5 heteroatoms. The molecular weight excluding hydrogens is 260 g/mol. The summed E-state index contributed by atoms with van der Waals surface area (Å²) in [6.07, 6.45) is 2.01. The Labute approximate surface area is 116 Å². The molecule has 1 heterocycles. The molecule has 1 aromatic heterocycles. The number of nitrogens with zero attached hydrogens (tertiary/aromatic N) is 2. The Morgan fingerprint density at radius 3 is 2.58 bits per heavy atom. The van der Waals surface area contributed by atoms with Crippen LogP contribution < -0.4 is 0 Å². The maximum atomic E-state index is 12.2. The summed E-state index contributed by atoms with van der Waals surface area (Å²) in [4.78, 5) is 15.0. The summed E-state index contributed by atoms with van der Waals surface area (Å²) in [5, 5.41) is 3.89. The normalized spacial score (nSPS) is 10.5. The smallest absolute Gasteiger partial charge is 0.253 e. The maximum Gasteiger partial charge on any atom is 0.253 e. The predicted molar refractivity (Wildman–Crippen MR) is 75.3 cm³/mol. The summed E-state index contributed by atoms with van der Waals surface area (Å²) in [6.45, 7) is 2.28. The lowest BCUT2D eigenvalue weighted by atomic mass is 10.2. The zero-order chi connectivity index (χ0) is 13.8. The van der Waals surface area contributed by atoms with Gasteiger partial charge in [0, 0.05) is 23.6 Å². The zero-order valence-electron chi connectivity index (χ0n) is 11.2. The van der Waals surface area contributed by atoms with E-state index in [1.807, 2.05) is 43.5 Å². The van der Waals surface area contributed by atoms with E-state index in [0.29, 0.717) is 12.1 Å². The van der Waals surface area contributed by atoms with Crippen molar-refractivity contribution in [1.82, 2.24) is 10.1 Å². The number of carbonyl (C=O) groups excluding carboxylic acids is 1. The molecule has 0 atom stereocenters. The molecule has 1 aromatic carbocycles. The molecule has 0 spiro atoms. The summed E-state index contributed by atoms with van der Waals surface area (Å²) in [7, 11) is 1.76. The van der Waals surface area contributed by atoms with E-state index in [1.165, 1.54) is 0 Å². The zero-order valence-corrected chi connectivity index (χ0v) is 12.0. The van der Waals surface area contributed by atoms with Crippen LogP contribution >= 0.6 is 11.8 Å². The SMILES string of the molecule is CSc1ccc(C(=O)N(C)Cc2cc(C)on2)cc1. The van der Waals surface area contributed by atoms with Gasteiger partial charge in [0.1, 0.15) is 11.5 Å². The highest BCUT2D eigenvalue weighted by atomic mass is 32.2. The predicted octanol–water partition coefficient (Wildman–Crippen LogP) is 2.98. The number of amides is 1. The molecule has 0 N–H and O–H groups in total. The van der Waals surface area contributed by atoms with Gasteiger partial charge in [0.15, 0.2) is 0 Å². The average molecular weight is 276 g/mol. The first kappa shape index (κ1) is 13.7. The Kier molecular flexibility index (Phi) is 4.27. The van der Waals surface area contributed by atoms with E-state index in [-0.39, 0.29) is 5.91 Å². The third kappa shape index (κ3) is 3.38. The van der Waals surface area contributed by atoms with Crippen LogP contribution in [0.2, 0.25) is 0 Å². The van der Waals surface area contributed by atoms with Gasteiger partial charge in [-0.15, -0.1) is 11.8 Å². The van der Waals surface area contributed by atoms with E-state index >= 15 is 0 Å². The number of rotatable bonds is 4. The molecule has 2 aromatic rings. The quantitative estimate of drug-likeness (QED) is 0.805. The molecule has 0 unspecified atom stereocenters. The fourth-order valence-corrected chi connectivity index (χ4v) is 2.17. The lowest BCUT2D eigenvalue weighted by Crippen LogP contribution is -2.26. The van der Waals surface area contributed by atoms with Crippen LogP contribution in [-0.2, 0) is 6.54 Å². The lowest BCUT2D eigenvalue weighted by molar-refractivity contribution is 0.0782. The summed E-state index contributed by atoms with van der Waals surface area (Å²) in [6, 6.07) is 9.43. The topological polar surface area (TPSA) is 46.3 Å². The van der Waals surface area contributed by atoms with Gasteiger partial charge in [0.05, 0.1) is 6.54 Å². The summed E-state index contributed by atoms with van der Waals surface area (Å²) in [5.41, 5.74) is 1.44. The maximum absolute atomic E-state index is 12.2. The Hall–Kier alpha value is -1.75. The number of benzene rings is 1. The molecule has 1 amide bonds. The van der Waals surface area contributed by atoms with Crippen LogP contribution in [0.25, 0.3) is 0 Å². The highest BCUT2D eigenvalue weighted by molar-refractivity contribution is 7.98. The Bertz CT molecular complexity index is 563. The Balaban J connectivity index is 2.05. The monoisotopic (exact) mass is 276 g/mol. The highest BCUT2D eigenvalue weighted by Crippen LogP contribution is 2.16. The van der Waals surface area contributed by atoms with E-state index in [4.69, 9.17) is 4.52 Å². The van der Waals surface area contributed by atoms with Crippen molar-refractivity contribution >= 4 is 17.7 Å². The van der Waals surface area contributed by atoms with Gasteiger partial charge in [-0.05, 0) is 37.4 Å². The first-order valence-corrected chi connectivity index (χ1v) is 7.14. The third-order valence-electron chi connectivity index (χ3n) is 2.76. The van der Waals surface area contributed by atoms with Crippen LogP contribution in [0.5, 0.6) is 0 Å². The van der Waals surface area contributed by atoms with Crippen molar-refractivity contribution in [2.24, 2.45) is 0 Å². The second kappa shape index (κ2) is 5.93. The van der Waals surface area contributed by atoms with Gasteiger partial charge in [-0.3, -0.25) is 4.79 Å². The number of hydrogen-bond acceptors (Lipinski definition) is 4. The Morgan fingerprint density at radius 1 is 1.37 bits per heavy atom. The molecule has 0 bridgehead atoms. The molecule has 4 nitrogen and oxygen atoms in total. The van der Waals surface area contributed by atoms with Gasteiger partial charge in [0.25, 0.3) is 5.91 Å². The van der Waals surface area contributed by atoms with Crippen molar-refractivity contribution < 1.29 is 9.32 Å². The molecule has 0 aliphatic carbocycles. The Morgan fingerprint density at radius 2 is 2.05 bits per heavy atom. The number of aryl methyl sites for hydroxylation is 1. The number of hydrogen-bond donors (Lipinski definition) is 0. The summed E-state index contributed by atoms with van der Waals surface area (Å²) >= 11 is 1.66. The second-order valence-corrected chi connectivity index (χ2v) is 5.20. The fraction of sp³-hybridized carbons (Fsp3) is 0.286. The minimum Gasteiger partial charge on any atom is -0.361 e. The number of carbonyl (C=O) groups is 1. The standard InChI is InChI=1S/C14H16N2O2S/c1-10-8-12(15-18-10)9-16(2)14(17)11-4-6-13(19-3)7-5-11/h4-8H,9H2,1-3H3. The van der Waals surface area contributed by atoms with E-state index < -0.39 is 0 Å². The van der Waals surface area contributed by atoms with E-state index in [1.54, 1.807) is 23.7 Å². The lowest BCUT2D eigenvalue weighted by Gasteiger charge is -2.15. The molecule has 100 valence electrons. The fourth-order valence-electron chi connectivity index (χ4n) is 1.76. The molecular formula is C14H16N2O2S. The minimum absolute atomic E-state index is 0.0201. The summed E-state index contributed by atoms with van der Waals surface area (Å²) in [5.74, 6) is 0.730. The van der Waals surface area contributed by atoms with Crippen LogP contribution in [0, 0.1) is 6.92 Å². The molecule has 0 aliphatic rings. The van der Waals surface area contributed by atoms with E-state index in [2.05, 4.69) is 5.16 Å². The van der Waals surface area contributed by atoms with Crippen molar-refractivity contribution in [1.29, 1.82) is 0 Å². The second-order valence-electron chi connectivity index (χ2n) is 4.32. The molecule has 0 saturated heterocycles. The number of aromatic nitrogens is 1. The van der Waals surface area contributed by atoms with E-state index in [0.717, 1.165) is 16.3 Å². The van der Waals surface area contributed by atoms with Gasteiger partial charge < -0.3 is 9.42 Å². The van der Waals surface area contributed by atoms with Gasteiger partial charge >= 0.3 is 0 Å². The van der Waals surface area contributed by atoms with Gasteiger partial charge in [-0.2, -0.15) is 0 Å². The first-order chi connectivity index (χ1) is 9.10. The van der Waals surface area contributed by atoms with Gasteiger partial charge in [-0.25, -0.2) is 0 Å². The molecule has 0 saturated carbocycles. The third-order valence-corrected chi connectivity index (χ3v) is 3.50. The van der Waals surface area contributed by atoms with Gasteiger partial charge in [0.2, 0.25) is 0 Å².